The minimum absolute atomic E-state index is 0.288. The third kappa shape index (κ3) is 10.8. The monoisotopic (exact) mass is 567 g/mol. The van der Waals surface area contributed by atoms with Gasteiger partial charge in [-0.1, -0.05) is 81.0 Å². The summed E-state index contributed by atoms with van der Waals surface area (Å²) in [6, 6.07) is 11.0. The van der Waals surface area contributed by atoms with Crippen LogP contribution in [-0.4, -0.2) is 52.7 Å². The molecule has 0 aromatic heterocycles. The van der Waals surface area contributed by atoms with E-state index in [0.29, 0.717) is 17.7 Å². The predicted octanol–water partition coefficient (Wildman–Crippen LogP) is 6.37. The molecule has 0 heterocycles. The van der Waals surface area contributed by atoms with Crippen LogP contribution in [0.2, 0.25) is 0 Å². The molecule has 2 unspecified atom stereocenters. The molecule has 8 nitrogen and oxygen atoms in total. The van der Waals surface area contributed by atoms with Crippen LogP contribution in [0.25, 0.3) is 0 Å². The second-order valence-electron chi connectivity index (χ2n) is 11.7. The van der Waals surface area contributed by atoms with Crippen LogP contribution >= 0.6 is 0 Å². The summed E-state index contributed by atoms with van der Waals surface area (Å²) in [4.78, 5) is 42.2. The number of carbonyl (C=O) groups is 3. The minimum Gasteiger partial charge on any atom is -0.444 e. The fourth-order valence-corrected chi connectivity index (χ4v) is 4.76. The summed E-state index contributed by atoms with van der Waals surface area (Å²) < 4.78 is 5.34. The summed E-state index contributed by atoms with van der Waals surface area (Å²) in [5.74, 6) is -0.906. The van der Waals surface area contributed by atoms with Crippen LogP contribution in [0.5, 0.6) is 0 Å². The molecule has 8 heteroatoms. The Balaban J connectivity index is 2.50. The van der Waals surface area contributed by atoms with Crippen molar-refractivity contribution in [3.63, 3.8) is 0 Å². The number of aliphatic hydroxyl groups excluding tert-OH is 1. The number of anilines is 1. The number of benzene rings is 2. The van der Waals surface area contributed by atoms with Gasteiger partial charge in [0.25, 0.3) is 5.91 Å². The molecule has 3 N–H and O–H groups in total. The van der Waals surface area contributed by atoms with Crippen LogP contribution in [0.3, 0.4) is 0 Å². The molecule has 41 heavy (non-hydrogen) atoms. The standard InChI is InChI=1S/C33H49N3O5/c1-8-9-10-11-12-15-20-36(31(39)28(22-37)35-32(40)41-33(5,6)7)29(26-19-18-23(2)21-25(26)4)30(38)34-27-17-14-13-16-24(27)3/h13-14,16-19,21,28-29,37H,8-12,15,20,22H2,1-7H3,(H,34,38)(H,35,40). The van der Waals surface area contributed by atoms with Gasteiger partial charge in [0.2, 0.25) is 5.91 Å². The number of aryl methyl sites for hydroxylation is 3. The van der Waals surface area contributed by atoms with E-state index in [-0.39, 0.29) is 12.5 Å². The Morgan fingerprint density at radius 2 is 1.59 bits per heavy atom. The SMILES string of the molecule is CCCCCCCCN(C(=O)C(CO)NC(=O)OC(C)(C)C)C(C(=O)Nc1ccccc1C)c1ccc(C)cc1C. The maximum Gasteiger partial charge on any atom is 0.408 e. The van der Waals surface area contributed by atoms with Crippen molar-refractivity contribution < 1.29 is 24.2 Å². The number of hydrogen-bond acceptors (Lipinski definition) is 5. The lowest BCUT2D eigenvalue weighted by molar-refractivity contribution is -0.141. The molecule has 2 aromatic rings. The first-order chi connectivity index (χ1) is 19.4. The molecular formula is C33H49N3O5. The highest BCUT2D eigenvalue weighted by atomic mass is 16.6. The van der Waals surface area contributed by atoms with Gasteiger partial charge in [0, 0.05) is 12.2 Å². The average Bonchev–Trinajstić information content (AvgIpc) is 2.89. The highest BCUT2D eigenvalue weighted by Gasteiger charge is 2.36. The van der Waals surface area contributed by atoms with Crippen molar-refractivity contribution in [3.05, 3.63) is 64.7 Å². The zero-order chi connectivity index (χ0) is 30.6. The molecule has 0 aliphatic rings. The number of hydrogen-bond donors (Lipinski definition) is 3. The largest absolute Gasteiger partial charge is 0.444 e. The lowest BCUT2D eigenvalue weighted by Gasteiger charge is -2.35. The summed E-state index contributed by atoms with van der Waals surface area (Å²) in [6.45, 7) is 12.8. The Morgan fingerprint density at radius 3 is 2.20 bits per heavy atom. The summed E-state index contributed by atoms with van der Waals surface area (Å²) in [5.41, 5.74) is 3.38. The molecule has 226 valence electrons. The number of amides is 3. The number of nitrogens with one attached hydrogen (secondary N) is 2. The highest BCUT2D eigenvalue weighted by molar-refractivity contribution is 5.99. The van der Waals surface area contributed by atoms with E-state index in [1.165, 1.54) is 4.90 Å². The molecule has 0 aliphatic heterocycles. The van der Waals surface area contributed by atoms with Crippen LogP contribution in [0.1, 0.15) is 94.5 Å². The maximum absolute atomic E-state index is 14.1. The third-order valence-corrected chi connectivity index (χ3v) is 6.89. The minimum atomic E-state index is -1.27. The number of alkyl carbamates (subject to hydrolysis) is 1. The molecule has 0 spiro atoms. The topological polar surface area (TPSA) is 108 Å². The third-order valence-electron chi connectivity index (χ3n) is 6.89. The number of aliphatic hydroxyl groups is 1. The van der Waals surface area contributed by atoms with E-state index in [1.54, 1.807) is 20.8 Å². The van der Waals surface area contributed by atoms with Crippen LogP contribution in [-0.2, 0) is 14.3 Å². The van der Waals surface area contributed by atoms with Crippen LogP contribution in [0.15, 0.2) is 42.5 Å². The van der Waals surface area contributed by atoms with Crippen molar-refractivity contribution in [2.24, 2.45) is 0 Å². The average molecular weight is 568 g/mol. The van der Waals surface area contributed by atoms with Gasteiger partial charge < -0.3 is 25.4 Å². The van der Waals surface area contributed by atoms with Gasteiger partial charge in [-0.2, -0.15) is 0 Å². The first-order valence-corrected chi connectivity index (χ1v) is 14.7. The normalized spacial score (nSPS) is 12.8. The fourth-order valence-electron chi connectivity index (χ4n) is 4.76. The van der Waals surface area contributed by atoms with Crippen molar-refractivity contribution in [1.29, 1.82) is 0 Å². The first kappa shape index (κ1) is 33.8. The Labute approximate surface area is 245 Å². The summed E-state index contributed by atoms with van der Waals surface area (Å²) in [5, 5.41) is 15.7. The van der Waals surface area contributed by atoms with E-state index in [9.17, 15) is 19.5 Å². The summed E-state index contributed by atoms with van der Waals surface area (Å²) in [6.07, 6.45) is 5.19. The van der Waals surface area contributed by atoms with Gasteiger partial charge in [0.1, 0.15) is 17.7 Å². The molecule has 0 radical (unpaired) electrons. The molecule has 0 aliphatic carbocycles. The van der Waals surface area contributed by atoms with Gasteiger partial charge in [-0.15, -0.1) is 0 Å². The van der Waals surface area contributed by atoms with Crippen molar-refractivity contribution in [1.82, 2.24) is 10.2 Å². The van der Waals surface area contributed by atoms with Crippen molar-refractivity contribution >= 4 is 23.6 Å². The van der Waals surface area contributed by atoms with E-state index in [4.69, 9.17) is 4.74 Å². The Kier molecular flexibility index (Phi) is 13.3. The second kappa shape index (κ2) is 16.2. The highest BCUT2D eigenvalue weighted by Crippen LogP contribution is 2.29. The number of nitrogens with zero attached hydrogens (tertiary/aromatic N) is 1. The molecule has 0 fully saturated rings. The van der Waals surface area contributed by atoms with E-state index in [2.05, 4.69) is 17.6 Å². The van der Waals surface area contributed by atoms with E-state index in [1.807, 2.05) is 63.2 Å². The summed E-state index contributed by atoms with van der Waals surface area (Å²) in [7, 11) is 0. The Hall–Kier alpha value is -3.39. The lowest BCUT2D eigenvalue weighted by Crippen LogP contribution is -2.54. The molecule has 0 saturated heterocycles. The lowest BCUT2D eigenvalue weighted by atomic mass is 9.96. The molecular weight excluding hydrogens is 518 g/mol. The number of ether oxygens (including phenoxy) is 1. The van der Waals surface area contributed by atoms with Crippen LogP contribution in [0.4, 0.5) is 10.5 Å². The molecule has 2 atom stereocenters. The maximum atomic E-state index is 14.1. The molecule has 2 rings (SSSR count). The van der Waals surface area contributed by atoms with Gasteiger partial charge in [0.05, 0.1) is 6.61 Å². The van der Waals surface area contributed by atoms with Gasteiger partial charge in [0.15, 0.2) is 0 Å². The predicted molar refractivity (Wildman–Crippen MR) is 164 cm³/mol. The van der Waals surface area contributed by atoms with Gasteiger partial charge in [-0.3, -0.25) is 9.59 Å². The van der Waals surface area contributed by atoms with Crippen molar-refractivity contribution in [3.8, 4) is 0 Å². The second-order valence-corrected chi connectivity index (χ2v) is 11.7. The van der Waals surface area contributed by atoms with E-state index >= 15 is 0 Å². The Morgan fingerprint density at radius 1 is 0.927 bits per heavy atom. The number of unbranched alkanes of at least 4 members (excludes halogenated alkanes) is 5. The molecule has 3 amide bonds. The molecule has 0 saturated carbocycles. The Bertz CT molecular complexity index is 1160. The zero-order valence-electron chi connectivity index (χ0n) is 25.9. The first-order valence-electron chi connectivity index (χ1n) is 14.7. The van der Waals surface area contributed by atoms with E-state index in [0.717, 1.165) is 48.8 Å². The van der Waals surface area contributed by atoms with Crippen molar-refractivity contribution in [2.45, 2.75) is 105 Å². The fraction of sp³-hybridized carbons (Fsp3) is 0.545. The van der Waals surface area contributed by atoms with Gasteiger partial charge in [-0.25, -0.2) is 4.79 Å². The molecule has 0 bridgehead atoms. The van der Waals surface area contributed by atoms with E-state index < -0.39 is 36.3 Å². The smallest absolute Gasteiger partial charge is 0.408 e. The summed E-state index contributed by atoms with van der Waals surface area (Å²) >= 11 is 0. The zero-order valence-corrected chi connectivity index (χ0v) is 25.9. The number of rotatable bonds is 14. The number of para-hydroxylation sites is 1. The van der Waals surface area contributed by atoms with Crippen molar-refractivity contribution in [2.75, 3.05) is 18.5 Å². The van der Waals surface area contributed by atoms with Crippen LogP contribution < -0.4 is 10.6 Å². The number of carbonyl (C=O) groups excluding carboxylic acids is 3. The quantitative estimate of drug-likeness (QED) is 0.230. The van der Waals surface area contributed by atoms with Crippen LogP contribution in [0, 0.1) is 20.8 Å². The van der Waals surface area contributed by atoms with Gasteiger partial charge in [-0.05, 0) is 70.7 Å². The molecule has 2 aromatic carbocycles. The van der Waals surface area contributed by atoms with Gasteiger partial charge >= 0.3 is 6.09 Å².